The molecule has 0 aliphatic carbocycles. The number of hydrogen-bond donors (Lipinski definition) is 1. The van der Waals surface area contributed by atoms with Crippen LogP contribution in [0.2, 0.25) is 0 Å². The van der Waals surface area contributed by atoms with E-state index in [9.17, 15) is 0 Å². The molecule has 1 aliphatic heterocycles. The zero-order chi connectivity index (χ0) is 13.9. The highest BCUT2D eigenvalue weighted by Gasteiger charge is 2.31. The van der Waals surface area contributed by atoms with Crippen LogP contribution in [0.5, 0.6) is 0 Å². The maximum atomic E-state index is 5.72. The lowest BCUT2D eigenvalue weighted by Crippen LogP contribution is -2.28. The van der Waals surface area contributed by atoms with Gasteiger partial charge < -0.3 is 10.1 Å². The molecule has 0 radical (unpaired) electrons. The quantitative estimate of drug-likeness (QED) is 0.929. The van der Waals surface area contributed by atoms with Gasteiger partial charge in [0.2, 0.25) is 0 Å². The Morgan fingerprint density at radius 1 is 1.30 bits per heavy atom. The van der Waals surface area contributed by atoms with E-state index in [1.165, 1.54) is 5.69 Å². The van der Waals surface area contributed by atoms with Crippen molar-refractivity contribution in [3.8, 4) is 5.69 Å². The number of hydrogen-bond acceptors (Lipinski definition) is 3. The van der Waals surface area contributed by atoms with E-state index in [0.29, 0.717) is 12.0 Å². The van der Waals surface area contributed by atoms with E-state index in [0.717, 1.165) is 18.7 Å². The minimum absolute atomic E-state index is 0.266. The molecule has 3 atom stereocenters. The first-order chi connectivity index (χ1) is 9.79. The molecule has 3 rings (SSSR count). The van der Waals surface area contributed by atoms with Gasteiger partial charge >= 0.3 is 0 Å². The molecule has 0 amide bonds. The predicted molar refractivity (Wildman–Crippen MR) is 78.9 cm³/mol. The van der Waals surface area contributed by atoms with Crippen molar-refractivity contribution < 1.29 is 4.74 Å². The third-order valence-electron chi connectivity index (χ3n) is 4.00. The molecule has 4 heteroatoms. The van der Waals surface area contributed by atoms with Crippen LogP contribution in [0.3, 0.4) is 0 Å². The van der Waals surface area contributed by atoms with E-state index in [1.54, 1.807) is 0 Å². The van der Waals surface area contributed by atoms with Crippen molar-refractivity contribution in [1.82, 2.24) is 15.1 Å². The Bertz CT molecular complexity index is 552. The minimum atomic E-state index is 0.266. The lowest BCUT2D eigenvalue weighted by atomic mass is 9.94. The monoisotopic (exact) mass is 271 g/mol. The van der Waals surface area contributed by atoms with Crippen molar-refractivity contribution in [2.45, 2.75) is 25.5 Å². The summed E-state index contributed by atoms with van der Waals surface area (Å²) >= 11 is 0. The first-order valence-corrected chi connectivity index (χ1v) is 7.18. The molecular formula is C16H21N3O. The number of benzene rings is 1. The number of ether oxygens (including phenoxy) is 1. The molecule has 2 heterocycles. The average molecular weight is 271 g/mol. The van der Waals surface area contributed by atoms with E-state index >= 15 is 0 Å². The summed E-state index contributed by atoms with van der Waals surface area (Å²) in [7, 11) is 2.01. The van der Waals surface area contributed by atoms with Gasteiger partial charge in [0.15, 0.2) is 0 Å². The Kier molecular flexibility index (Phi) is 3.85. The largest absolute Gasteiger partial charge is 0.378 e. The maximum absolute atomic E-state index is 5.72. The Balaban J connectivity index is 1.91. The topological polar surface area (TPSA) is 39.1 Å². The summed E-state index contributed by atoms with van der Waals surface area (Å²) in [5, 5.41) is 7.92. The Hall–Kier alpha value is -1.65. The molecule has 1 N–H and O–H groups in total. The Morgan fingerprint density at radius 3 is 2.75 bits per heavy atom. The van der Waals surface area contributed by atoms with Gasteiger partial charge in [-0.3, -0.25) is 0 Å². The van der Waals surface area contributed by atoms with Crippen LogP contribution in [-0.2, 0) is 4.74 Å². The van der Waals surface area contributed by atoms with Crippen LogP contribution in [0.4, 0.5) is 0 Å². The number of rotatable bonds is 4. The van der Waals surface area contributed by atoms with E-state index in [-0.39, 0.29) is 6.04 Å². The zero-order valence-electron chi connectivity index (χ0n) is 12.0. The predicted octanol–water partition coefficient (Wildman–Crippen LogP) is 2.56. The van der Waals surface area contributed by atoms with Gasteiger partial charge in [-0.25, -0.2) is 4.68 Å². The third kappa shape index (κ3) is 2.49. The first kappa shape index (κ1) is 13.3. The van der Waals surface area contributed by atoms with Gasteiger partial charge in [-0.2, -0.15) is 5.10 Å². The van der Waals surface area contributed by atoms with Gasteiger partial charge in [-0.05, 0) is 38.6 Å². The molecule has 2 aromatic rings. The molecule has 1 fully saturated rings. The second-order valence-electron chi connectivity index (χ2n) is 5.41. The molecule has 4 nitrogen and oxygen atoms in total. The number of nitrogens with zero attached hydrogens (tertiary/aromatic N) is 2. The van der Waals surface area contributed by atoms with Crippen molar-refractivity contribution in [1.29, 1.82) is 0 Å². The standard InChI is InChI=1S/C16H21N3O/c1-12-10-13(11-20-12)16(17-2)15-8-9-18-19(15)14-6-4-3-5-7-14/h3-9,12-13,16-17H,10-11H2,1-2H3. The number of para-hydroxylation sites is 1. The molecule has 0 bridgehead atoms. The van der Waals surface area contributed by atoms with Crippen LogP contribution in [-0.4, -0.2) is 29.5 Å². The Morgan fingerprint density at radius 2 is 2.10 bits per heavy atom. The van der Waals surface area contributed by atoms with Crippen LogP contribution in [0, 0.1) is 5.92 Å². The molecule has 1 aliphatic rings. The van der Waals surface area contributed by atoms with Gasteiger partial charge in [0.1, 0.15) is 0 Å². The highest BCUT2D eigenvalue weighted by molar-refractivity contribution is 5.33. The van der Waals surface area contributed by atoms with Crippen LogP contribution < -0.4 is 5.32 Å². The fourth-order valence-electron chi connectivity index (χ4n) is 3.04. The molecule has 106 valence electrons. The normalized spacial score (nSPS) is 23.9. The molecule has 20 heavy (non-hydrogen) atoms. The molecular weight excluding hydrogens is 250 g/mol. The summed E-state index contributed by atoms with van der Waals surface area (Å²) in [5.41, 5.74) is 2.29. The fraction of sp³-hybridized carbons (Fsp3) is 0.438. The lowest BCUT2D eigenvalue weighted by Gasteiger charge is -2.23. The molecule has 1 aromatic carbocycles. The molecule has 1 aromatic heterocycles. The third-order valence-corrected chi connectivity index (χ3v) is 4.00. The smallest absolute Gasteiger partial charge is 0.0649 e. The van der Waals surface area contributed by atoms with E-state index in [1.807, 2.05) is 36.1 Å². The van der Waals surface area contributed by atoms with E-state index in [2.05, 4.69) is 35.5 Å². The summed E-state index contributed by atoms with van der Waals surface area (Å²) in [4.78, 5) is 0. The van der Waals surface area contributed by atoms with E-state index in [4.69, 9.17) is 4.74 Å². The fourth-order valence-corrected chi connectivity index (χ4v) is 3.04. The Labute approximate surface area is 119 Å². The van der Waals surface area contributed by atoms with Gasteiger partial charge in [0.05, 0.1) is 30.1 Å². The molecule has 1 saturated heterocycles. The van der Waals surface area contributed by atoms with Gasteiger partial charge in [0.25, 0.3) is 0 Å². The van der Waals surface area contributed by atoms with Gasteiger partial charge in [-0.1, -0.05) is 18.2 Å². The van der Waals surface area contributed by atoms with Crippen LogP contribution in [0.1, 0.15) is 25.1 Å². The van der Waals surface area contributed by atoms with Crippen LogP contribution >= 0.6 is 0 Å². The second kappa shape index (κ2) is 5.77. The van der Waals surface area contributed by atoms with Crippen LogP contribution in [0.15, 0.2) is 42.6 Å². The highest BCUT2D eigenvalue weighted by atomic mass is 16.5. The van der Waals surface area contributed by atoms with Crippen LogP contribution in [0.25, 0.3) is 5.69 Å². The molecule has 0 spiro atoms. The summed E-state index contributed by atoms with van der Waals surface area (Å²) in [5.74, 6) is 0.495. The van der Waals surface area contributed by atoms with Crippen molar-refractivity contribution in [2.24, 2.45) is 5.92 Å². The number of aromatic nitrogens is 2. The SMILES string of the molecule is CNC(c1ccnn1-c1ccccc1)C1COC(C)C1. The van der Waals surface area contributed by atoms with Crippen molar-refractivity contribution in [3.05, 3.63) is 48.3 Å². The molecule has 3 unspecified atom stereocenters. The number of nitrogens with one attached hydrogen (secondary N) is 1. The summed E-state index contributed by atoms with van der Waals surface area (Å²) in [6.45, 7) is 2.95. The summed E-state index contributed by atoms with van der Waals surface area (Å²) in [6.07, 6.45) is 3.31. The average Bonchev–Trinajstić information content (AvgIpc) is 3.11. The lowest BCUT2D eigenvalue weighted by molar-refractivity contribution is 0.117. The van der Waals surface area contributed by atoms with Gasteiger partial charge in [-0.15, -0.1) is 0 Å². The maximum Gasteiger partial charge on any atom is 0.0649 e. The summed E-state index contributed by atoms with van der Waals surface area (Å²) < 4.78 is 7.74. The van der Waals surface area contributed by atoms with Gasteiger partial charge in [0, 0.05) is 12.1 Å². The highest BCUT2D eigenvalue weighted by Crippen LogP contribution is 2.32. The van der Waals surface area contributed by atoms with Crippen molar-refractivity contribution in [2.75, 3.05) is 13.7 Å². The summed E-state index contributed by atoms with van der Waals surface area (Å²) in [6, 6.07) is 12.6. The minimum Gasteiger partial charge on any atom is -0.378 e. The first-order valence-electron chi connectivity index (χ1n) is 7.18. The van der Waals surface area contributed by atoms with Crippen molar-refractivity contribution >= 4 is 0 Å². The zero-order valence-corrected chi connectivity index (χ0v) is 12.0. The molecule has 0 saturated carbocycles. The van der Waals surface area contributed by atoms with E-state index < -0.39 is 0 Å². The second-order valence-corrected chi connectivity index (χ2v) is 5.41. The van der Waals surface area contributed by atoms with Crippen molar-refractivity contribution in [3.63, 3.8) is 0 Å².